The van der Waals surface area contributed by atoms with Crippen LogP contribution in [0.5, 0.6) is 0 Å². The van der Waals surface area contributed by atoms with Crippen molar-refractivity contribution >= 4 is 23.5 Å². The highest BCUT2D eigenvalue weighted by Gasteiger charge is 2.44. The minimum atomic E-state index is -0.671. The van der Waals surface area contributed by atoms with E-state index in [1.807, 2.05) is 49.4 Å². The zero-order chi connectivity index (χ0) is 19.3. The Kier molecular flexibility index (Phi) is 6.17. The van der Waals surface area contributed by atoms with Gasteiger partial charge >= 0.3 is 5.97 Å². The quantitative estimate of drug-likeness (QED) is 0.741. The van der Waals surface area contributed by atoms with E-state index in [9.17, 15) is 9.59 Å². The van der Waals surface area contributed by atoms with Crippen LogP contribution in [0.1, 0.15) is 49.8 Å². The summed E-state index contributed by atoms with van der Waals surface area (Å²) in [5, 5.41) is 3.50. The fraction of sp³-hybridized carbons (Fsp3) is 0.364. The van der Waals surface area contributed by atoms with E-state index < -0.39 is 5.41 Å². The fourth-order valence-electron chi connectivity index (χ4n) is 3.74. The van der Waals surface area contributed by atoms with Crippen molar-refractivity contribution in [2.45, 2.75) is 44.1 Å². The molecule has 3 rings (SSSR count). The molecule has 2 aromatic rings. The third kappa shape index (κ3) is 4.51. The number of hydrogen-bond acceptors (Lipinski definition) is 3. The van der Waals surface area contributed by atoms with E-state index in [4.69, 9.17) is 16.3 Å². The summed E-state index contributed by atoms with van der Waals surface area (Å²) >= 11 is 5.98. The molecule has 0 aliphatic heterocycles. The van der Waals surface area contributed by atoms with Crippen LogP contribution in [0.15, 0.2) is 54.6 Å². The van der Waals surface area contributed by atoms with Gasteiger partial charge in [0.2, 0.25) is 0 Å². The highest BCUT2D eigenvalue weighted by molar-refractivity contribution is 6.30. The van der Waals surface area contributed by atoms with Crippen LogP contribution < -0.4 is 5.32 Å². The maximum Gasteiger partial charge on any atom is 0.317 e. The van der Waals surface area contributed by atoms with Gasteiger partial charge in [-0.15, -0.1) is 0 Å². The van der Waals surface area contributed by atoms with Crippen LogP contribution >= 0.6 is 11.6 Å². The smallest absolute Gasteiger partial charge is 0.317 e. The lowest BCUT2D eigenvalue weighted by molar-refractivity contribution is -0.154. The van der Waals surface area contributed by atoms with Gasteiger partial charge in [-0.25, -0.2) is 0 Å². The molecule has 0 bridgehead atoms. The molecule has 0 heterocycles. The van der Waals surface area contributed by atoms with Crippen LogP contribution in [0.25, 0.3) is 0 Å². The summed E-state index contributed by atoms with van der Waals surface area (Å²) in [6.07, 6.45) is 3.40. The van der Waals surface area contributed by atoms with E-state index >= 15 is 0 Å². The number of esters is 1. The van der Waals surface area contributed by atoms with Crippen LogP contribution in [0, 0.1) is 0 Å². The fourth-order valence-corrected chi connectivity index (χ4v) is 3.86. The highest BCUT2D eigenvalue weighted by Crippen LogP contribution is 2.42. The van der Waals surface area contributed by atoms with Crippen molar-refractivity contribution in [2.75, 3.05) is 6.61 Å². The van der Waals surface area contributed by atoms with E-state index in [0.717, 1.165) is 36.8 Å². The van der Waals surface area contributed by atoms with Crippen molar-refractivity contribution in [3.05, 3.63) is 70.7 Å². The summed E-state index contributed by atoms with van der Waals surface area (Å²) in [6.45, 7) is 1.63. The number of hydrogen-bond donors (Lipinski definition) is 1. The first-order chi connectivity index (χ1) is 13.0. The van der Waals surface area contributed by atoms with Gasteiger partial charge in [-0.3, -0.25) is 9.59 Å². The summed E-state index contributed by atoms with van der Waals surface area (Å²) in [4.78, 5) is 25.1. The van der Waals surface area contributed by atoms with Gasteiger partial charge in [0.1, 0.15) is 0 Å². The minimum absolute atomic E-state index is 0.144. The van der Waals surface area contributed by atoms with Crippen LogP contribution in [0.4, 0.5) is 0 Å². The maximum absolute atomic E-state index is 12.9. The second-order valence-corrected chi connectivity index (χ2v) is 7.51. The van der Waals surface area contributed by atoms with Crippen LogP contribution in [0.3, 0.4) is 0 Å². The van der Waals surface area contributed by atoms with E-state index in [2.05, 4.69) is 5.32 Å². The van der Waals surface area contributed by atoms with Gasteiger partial charge in [-0.05, 0) is 43.0 Å². The van der Waals surface area contributed by atoms with Gasteiger partial charge in [0.05, 0.1) is 11.5 Å². The lowest BCUT2D eigenvalue weighted by Crippen LogP contribution is -2.38. The normalized spacial score (nSPS) is 16.5. The number of benzene rings is 2. The van der Waals surface area contributed by atoms with Gasteiger partial charge in [-0.1, -0.05) is 66.9 Å². The summed E-state index contributed by atoms with van der Waals surface area (Å²) in [6, 6.07) is 16.9. The molecule has 4 nitrogen and oxygen atoms in total. The van der Waals surface area contributed by atoms with Crippen molar-refractivity contribution in [1.29, 1.82) is 0 Å². The van der Waals surface area contributed by atoms with E-state index in [1.165, 1.54) is 0 Å². The number of ether oxygens (including phenoxy) is 1. The highest BCUT2D eigenvalue weighted by atomic mass is 35.5. The Morgan fingerprint density at radius 3 is 2.33 bits per heavy atom. The molecule has 1 saturated carbocycles. The Labute approximate surface area is 164 Å². The summed E-state index contributed by atoms with van der Waals surface area (Å²) < 4.78 is 5.43. The molecule has 1 N–H and O–H groups in total. The third-order valence-corrected chi connectivity index (χ3v) is 5.51. The number of carbonyl (C=O) groups is 2. The molecule has 27 heavy (non-hydrogen) atoms. The van der Waals surface area contributed by atoms with Gasteiger partial charge in [0.25, 0.3) is 5.91 Å². The van der Waals surface area contributed by atoms with Crippen LogP contribution in [0.2, 0.25) is 5.02 Å². The monoisotopic (exact) mass is 385 g/mol. The molecule has 1 aliphatic carbocycles. The van der Waals surface area contributed by atoms with Gasteiger partial charge in [0, 0.05) is 5.02 Å². The largest absolute Gasteiger partial charge is 0.455 e. The van der Waals surface area contributed by atoms with Gasteiger partial charge in [0.15, 0.2) is 6.61 Å². The van der Waals surface area contributed by atoms with Crippen LogP contribution in [-0.2, 0) is 19.7 Å². The lowest BCUT2D eigenvalue weighted by atomic mass is 9.79. The van der Waals surface area contributed by atoms with Gasteiger partial charge < -0.3 is 10.1 Å². The summed E-state index contributed by atoms with van der Waals surface area (Å²) in [5.74, 6) is -0.631. The van der Waals surface area contributed by atoms with Crippen molar-refractivity contribution in [3.63, 3.8) is 0 Å². The molecule has 5 heteroatoms. The molecule has 1 amide bonds. The maximum atomic E-state index is 12.9. The molecule has 0 aromatic heterocycles. The Bertz CT molecular complexity index is 783. The molecule has 2 aromatic carbocycles. The van der Waals surface area contributed by atoms with Gasteiger partial charge in [-0.2, -0.15) is 0 Å². The Hall–Kier alpha value is -2.33. The first-order valence-electron chi connectivity index (χ1n) is 9.29. The molecular weight excluding hydrogens is 362 g/mol. The topological polar surface area (TPSA) is 55.4 Å². The average Bonchev–Trinajstić information content (AvgIpc) is 3.18. The number of rotatable bonds is 6. The van der Waals surface area contributed by atoms with Crippen molar-refractivity contribution in [1.82, 2.24) is 5.32 Å². The summed E-state index contributed by atoms with van der Waals surface area (Å²) in [5.41, 5.74) is 1.24. The molecule has 0 radical (unpaired) electrons. The molecule has 0 spiro atoms. The molecule has 1 atom stereocenters. The number of halogens is 1. The minimum Gasteiger partial charge on any atom is -0.455 e. The average molecular weight is 386 g/mol. The number of carbonyl (C=O) groups excluding carboxylic acids is 2. The molecule has 0 saturated heterocycles. The second kappa shape index (κ2) is 8.57. The lowest BCUT2D eigenvalue weighted by Gasteiger charge is -2.27. The molecule has 142 valence electrons. The number of amides is 1. The van der Waals surface area contributed by atoms with Crippen LogP contribution in [-0.4, -0.2) is 18.5 Å². The predicted octanol–water partition coefficient (Wildman–Crippen LogP) is 4.57. The first kappa shape index (κ1) is 19.4. The molecule has 1 fully saturated rings. The van der Waals surface area contributed by atoms with E-state index in [1.54, 1.807) is 12.1 Å². The van der Waals surface area contributed by atoms with E-state index in [0.29, 0.717) is 5.02 Å². The number of nitrogens with one attached hydrogen (secondary N) is 1. The van der Waals surface area contributed by atoms with Crippen molar-refractivity contribution in [3.8, 4) is 0 Å². The van der Waals surface area contributed by atoms with E-state index in [-0.39, 0.29) is 24.5 Å². The molecule has 0 unspecified atom stereocenters. The standard InChI is InChI=1S/C22H24ClNO3/c1-16(17-7-3-2-4-8-17)24-20(25)15-27-21(26)22(13-5-6-14-22)18-9-11-19(23)12-10-18/h2-4,7-12,16H,5-6,13-15H2,1H3,(H,24,25)/t16-/m0/s1. The summed E-state index contributed by atoms with van der Waals surface area (Å²) in [7, 11) is 0. The Morgan fingerprint density at radius 2 is 1.70 bits per heavy atom. The third-order valence-electron chi connectivity index (χ3n) is 5.26. The Morgan fingerprint density at radius 1 is 1.07 bits per heavy atom. The second-order valence-electron chi connectivity index (χ2n) is 7.07. The zero-order valence-electron chi connectivity index (χ0n) is 15.4. The Balaban J connectivity index is 1.61. The predicted molar refractivity (Wildman–Crippen MR) is 106 cm³/mol. The zero-order valence-corrected chi connectivity index (χ0v) is 16.2. The SMILES string of the molecule is C[C@H](NC(=O)COC(=O)C1(c2ccc(Cl)cc2)CCCC1)c1ccccc1. The molecular formula is C22H24ClNO3. The van der Waals surface area contributed by atoms with Crippen molar-refractivity contribution in [2.24, 2.45) is 0 Å². The first-order valence-corrected chi connectivity index (χ1v) is 9.67. The molecule has 1 aliphatic rings. The van der Waals surface area contributed by atoms with Crippen molar-refractivity contribution < 1.29 is 14.3 Å².